The highest BCUT2D eigenvalue weighted by molar-refractivity contribution is 6.31. The van der Waals surface area contributed by atoms with Crippen LogP contribution in [0.15, 0.2) is 36.4 Å². The molecule has 1 nitrogen and oxygen atoms in total. The molecule has 0 saturated heterocycles. The third-order valence-electron chi connectivity index (χ3n) is 3.26. The predicted molar refractivity (Wildman–Crippen MR) is 79.7 cm³/mol. The standard InChI is InChI=1S/C16H15ClF3N/c1-10-3-4-11(2)12(7-10)9-21-13-5-6-15(17)14(8-13)16(18,19)20/h3-8,21H,9H2,1-2H3. The first kappa shape index (κ1) is 15.7. The van der Waals surface area contributed by atoms with Crippen LogP contribution in [0.3, 0.4) is 0 Å². The van der Waals surface area contributed by atoms with Gasteiger partial charge in [0, 0.05) is 12.2 Å². The maximum atomic E-state index is 12.8. The second-order valence-electron chi connectivity index (χ2n) is 4.98. The first-order valence-electron chi connectivity index (χ1n) is 6.44. The summed E-state index contributed by atoms with van der Waals surface area (Å²) in [6.45, 7) is 4.42. The van der Waals surface area contributed by atoms with Crippen LogP contribution in [0.1, 0.15) is 22.3 Å². The van der Waals surface area contributed by atoms with Crippen LogP contribution >= 0.6 is 11.6 Å². The van der Waals surface area contributed by atoms with E-state index in [9.17, 15) is 13.2 Å². The number of nitrogens with one attached hydrogen (secondary N) is 1. The summed E-state index contributed by atoms with van der Waals surface area (Å²) < 4.78 is 38.4. The summed E-state index contributed by atoms with van der Waals surface area (Å²) in [5.41, 5.74) is 2.84. The monoisotopic (exact) mass is 313 g/mol. The zero-order valence-corrected chi connectivity index (χ0v) is 12.4. The van der Waals surface area contributed by atoms with Gasteiger partial charge in [-0.25, -0.2) is 0 Å². The molecular formula is C16H15ClF3N. The van der Waals surface area contributed by atoms with E-state index in [-0.39, 0.29) is 5.02 Å². The third kappa shape index (κ3) is 3.91. The van der Waals surface area contributed by atoms with E-state index in [1.165, 1.54) is 6.07 Å². The van der Waals surface area contributed by atoms with Crippen molar-refractivity contribution in [2.45, 2.75) is 26.6 Å². The summed E-state index contributed by atoms with van der Waals surface area (Å²) >= 11 is 5.60. The summed E-state index contributed by atoms with van der Waals surface area (Å²) in [6, 6.07) is 9.85. The molecule has 0 fully saturated rings. The highest BCUT2D eigenvalue weighted by Crippen LogP contribution is 2.36. The van der Waals surface area contributed by atoms with Crippen LogP contribution in [-0.2, 0) is 12.7 Å². The summed E-state index contributed by atoms with van der Waals surface area (Å²) in [4.78, 5) is 0. The molecule has 2 rings (SSSR count). The van der Waals surface area contributed by atoms with Gasteiger partial charge in [0.2, 0.25) is 0 Å². The van der Waals surface area contributed by atoms with E-state index in [4.69, 9.17) is 11.6 Å². The van der Waals surface area contributed by atoms with Gasteiger partial charge in [-0.1, -0.05) is 35.4 Å². The average Bonchev–Trinajstić information content (AvgIpc) is 2.40. The molecule has 0 aliphatic carbocycles. The normalized spacial score (nSPS) is 11.5. The molecule has 1 N–H and O–H groups in total. The summed E-state index contributed by atoms with van der Waals surface area (Å²) in [5.74, 6) is 0. The van der Waals surface area contributed by atoms with Crippen molar-refractivity contribution in [3.63, 3.8) is 0 Å². The summed E-state index contributed by atoms with van der Waals surface area (Å²) in [7, 11) is 0. The lowest BCUT2D eigenvalue weighted by atomic mass is 10.1. The van der Waals surface area contributed by atoms with E-state index in [0.717, 1.165) is 22.8 Å². The van der Waals surface area contributed by atoms with E-state index in [1.807, 2.05) is 32.0 Å². The van der Waals surface area contributed by atoms with E-state index in [2.05, 4.69) is 5.32 Å². The molecule has 0 heterocycles. The fourth-order valence-corrected chi connectivity index (χ4v) is 2.27. The lowest BCUT2D eigenvalue weighted by Crippen LogP contribution is -2.08. The third-order valence-corrected chi connectivity index (χ3v) is 3.59. The molecule has 0 aliphatic heterocycles. The molecule has 0 aromatic heterocycles. The molecule has 0 saturated carbocycles. The van der Waals surface area contributed by atoms with Gasteiger partial charge in [-0.2, -0.15) is 13.2 Å². The van der Waals surface area contributed by atoms with Crippen LogP contribution in [-0.4, -0.2) is 0 Å². The maximum absolute atomic E-state index is 12.8. The summed E-state index contributed by atoms with van der Waals surface area (Å²) in [5, 5.41) is 2.72. The molecular weight excluding hydrogens is 299 g/mol. The molecule has 2 aromatic rings. The van der Waals surface area contributed by atoms with Crippen LogP contribution in [0.25, 0.3) is 0 Å². The van der Waals surface area contributed by atoms with Crippen LogP contribution in [0, 0.1) is 13.8 Å². The first-order valence-corrected chi connectivity index (χ1v) is 6.82. The second kappa shape index (κ2) is 5.98. The van der Waals surface area contributed by atoms with Crippen LogP contribution < -0.4 is 5.32 Å². The van der Waals surface area contributed by atoms with Crippen molar-refractivity contribution in [2.75, 3.05) is 5.32 Å². The van der Waals surface area contributed by atoms with Crippen LogP contribution in [0.2, 0.25) is 5.02 Å². The SMILES string of the molecule is Cc1ccc(C)c(CNc2ccc(Cl)c(C(F)(F)F)c2)c1. The topological polar surface area (TPSA) is 12.0 Å². The van der Waals surface area contributed by atoms with Gasteiger partial charge in [-0.3, -0.25) is 0 Å². The van der Waals surface area contributed by atoms with Crippen molar-refractivity contribution in [3.05, 3.63) is 63.7 Å². The number of anilines is 1. The number of aryl methyl sites for hydroxylation is 2. The zero-order valence-electron chi connectivity index (χ0n) is 11.7. The number of hydrogen-bond acceptors (Lipinski definition) is 1. The van der Waals surface area contributed by atoms with Gasteiger partial charge in [0.1, 0.15) is 0 Å². The van der Waals surface area contributed by atoms with Crippen molar-refractivity contribution < 1.29 is 13.2 Å². The minimum Gasteiger partial charge on any atom is -0.381 e. The van der Waals surface area contributed by atoms with Crippen molar-refractivity contribution in [2.24, 2.45) is 0 Å². The molecule has 5 heteroatoms. The average molecular weight is 314 g/mol. The molecule has 2 aromatic carbocycles. The Morgan fingerprint density at radius 2 is 1.76 bits per heavy atom. The predicted octanol–water partition coefficient (Wildman–Crippen LogP) is 5.59. The second-order valence-corrected chi connectivity index (χ2v) is 5.38. The fourth-order valence-electron chi connectivity index (χ4n) is 2.04. The Morgan fingerprint density at radius 1 is 1.05 bits per heavy atom. The quantitative estimate of drug-likeness (QED) is 0.779. The number of halogens is 4. The minimum absolute atomic E-state index is 0.292. The van der Waals surface area contributed by atoms with Gasteiger partial charge in [-0.05, 0) is 43.2 Å². The Bertz CT molecular complexity index is 650. The van der Waals surface area contributed by atoms with Crippen molar-refractivity contribution in [1.29, 1.82) is 0 Å². The lowest BCUT2D eigenvalue weighted by Gasteiger charge is -2.13. The van der Waals surface area contributed by atoms with Crippen molar-refractivity contribution >= 4 is 17.3 Å². The van der Waals surface area contributed by atoms with Gasteiger partial charge in [0.25, 0.3) is 0 Å². The van der Waals surface area contributed by atoms with E-state index >= 15 is 0 Å². The highest BCUT2D eigenvalue weighted by Gasteiger charge is 2.33. The first-order chi connectivity index (χ1) is 9.77. The van der Waals surface area contributed by atoms with Crippen molar-refractivity contribution in [3.8, 4) is 0 Å². The van der Waals surface area contributed by atoms with E-state index in [1.54, 1.807) is 6.07 Å². The van der Waals surface area contributed by atoms with Crippen molar-refractivity contribution in [1.82, 2.24) is 0 Å². The molecule has 0 unspecified atom stereocenters. The smallest absolute Gasteiger partial charge is 0.381 e. The Labute approximate surface area is 126 Å². The number of rotatable bonds is 3. The molecule has 0 atom stereocenters. The van der Waals surface area contributed by atoms with Gasteiger partial charge in [0.15, 0.2) is 0 Å². The van der Waals surface area contributed by atoms with Gasteiger partial charge in [-0.15, -0.1) is 0 Å². The molecule has 21 heavy (non-hydrogen) atoms. The zero-order chi connectivity index (χ0) is 15.6. The van der Waals surface area contributed by atoms with Crippen LogP contribution in [0.5, 0.6) is 0 Å². The van der Waals surface area contributed by atoms with Crippen LogP contribution in [0.4, 0.5) is 18.9 Å². The molecule has 0 aliphatic rings. The minimum atomic E-state index is -4.45. The molecule has 0 amide bonds. The van der Waals surface area contributed by atoms with Gasteiger partial charge in [0.05, 0.1) is 10.6 Å². The Kier molecular flexibility index (Phi) is 4.47. The van der Waals surface area contributed by atoms with E-state index < -0.39 is 11.7 Å². The Balaban J connectivity index is 2.19. The number of benzene rings is 2. The highest BCUT2D eigenvalue weighted by atomic mass is 35.5. The lowest BCUT2D eigenvalue weighted by molar-refractivity contribution is -0.137. The molecule has 0 bridgehead atoms. The van der Waals surface area contributed by atoms with E-state index in [0.29, 0.717) is 12.2 Å². The fraction of sp³-hybridized carbons (Fsp3) is 0.250. The van der Waals surface area contributed by atoms with Gasteiger partial charge >= 0.3 is 6.18 Å². The molecule has 0 radical (unpaired) electrons. The number of hydrogen-bond donors (Lipinski definition) is 1. The molecule has 0 spiro atoms. The Morgan fingerprint density at radius 3 is 2.43 bits per heavy atom. The molecule has 112 valence electrons. The summed E-state index contributed by atoms with van der Waals surface area (Å²) in [6.07, 6.45) is -4.45. The number of alkyl halides is 3. The maximum Gasteiger partial charge on any atom is 0.417 e. The largest absolute Gasteiger partial charge is 0.417 e. The van der Waals surface area contributed by atoms with Gasteiger partial charge < -0.3 is 5.32 Å². The Hall–Kier alpha value is -1.68.